The van der Waals surface area contributed by atoms with Crippen molar-refractivity contribution in [2.24, 2.45) is 0 Å². The standard InChI is InChI=1S/C22H14O3/c1-13(23)24-17-8-6-14-7-9-20-22(18(14)12-17)19-10-15-4-2-3-5-16(15)11-21(19)25-20/h2-12H,1H3. The van der Waals surface area contributed by atoms with Gasteiger partial charge in [-0.3, -0.25) is 4.79 Å². The van der Waals surface area contributed by atoms with Gasteiger partial charge in [-0.15, -0.1) is 0 Å². The molecule has 0 spiro atoms. The molecule has 0 radical (unpaired) electrons. The molecule has 1 heterocycles. The highest BCUT2D eigenvalue weighted by Gasteiger charge is 2.12. The summed E-state index contributed by atoms with van der Waals surface area (Å²) in [5.74, 6) is 0.220. The highest BCUT2D eigenvalue weighted by Crippen LogP contribution is 2.37. The Morgan fingerprint density at radius 1 is 0.800 bits per heavy atom. The van der Waals surface area contributed by atoms with Crippen molar-refractivity contribution in [2.45, 2.75) is 6.92 Å². The zero-order chi connectivity index (χ0) is 17.0. The van der Waals surface area contributed by atoms with Crippen molar-refractivity contribution in [3.8, 4) is 5.75 Å². The van der Waals surface area contributed by atoms with Crippen LogP contribution in [-0.4, -0.2) is 5.97 Å². The Labute approximate surface area is 143 Å². The summed E-state index contributed by atoms with van der Waals surface area (Å²) >= 11 is 0. The molecule has 25 heavy (non-hydrogen) atoms. The Bertz CT molecular complexity index is 1290. The van der Waals surface area contributed by atoms with E-state index in [1.165, 1.54) is 12.3 Å². The number of benzene rings is 4. The average Bonchev–Trinajstić information content (AvgIpc) is 2.97. The highest BCUT2D eigenvalue weighted by molar-refractivity contribution is 6.20. The minimum absolute atomic E-state index is 0.324. The van der Waals surface area contributed by atoms with Gasteiger partial charge in [-0.05, 0) is 51.9 Å². The Morgan fingerprint density at radius 3 is 2.36 bits per heavy atom. The zero-order valence-electron chi connectivity index (χ0n) is 13.6. The molecule has 3 nitrogen and oxygen atoms in total. The molecule has 0 aliphatic carbocycles. The smallest absolute Gasteiger partial charge is 0.308 e. The molecule has 0 unspecified atom stereocenters. The summed E-state index contributed by atoms with van der Waals surface area (Å²) in [4.78, 5) is 11.3. The maximum Gasteiger partial charge on any atom is 0.308 e. The first-order valence-electron chi connectivity index (χ1n) is 8.15. The van der Waals surface area contributed by atoms with E-state index in [0.717, 1.165) is 38.1 Å². The third kappa shape index (κ3) is 2.17. The minimum atomic E-state index is -0.324. The van der Waals surface area contributed by atoms with Crippen LogP contribution in [0.15, 0.2) is 71.1 Å². The van der Waals surface area contributed by atoms with Gasteiger partial charge in [-0.2, -0.15) is 0 Å². The maximum atomic E-state index is 11.3. The summed E-state index contributed by atoms with van der Waals surface area (Å²) in [7, 11) is 0. The van der Waals surface area contributed by atoms with Crippen molar-refractivity contribution >= 4 is 49.5 Å². The van der Waals surface area contributed by atoms with Gasteiger partial charge >= 0.3 is 5.97 Å². The molecule has 0 bridgehead atoms. The lowest BCUT2D eigenvalue weighted by atomic mass is 10.0. The van der Waals surface area contributed by atoms with Crippen LogP contribution in [-0.2, 0) is 4.79 Å². The summed E-state index contributed by atoms with van der Waals surface area (Å²) in [5.41, 5.74) is 1.69. The van der Waals surface area contributed by atoms with E-state index in [2.05, 4.69) is 24.3 Å². The third-order valence-electron chi connectivity index (χ3n) is 4.55. The number of hydrogen-bond acceptors (Lipinski definition) is 3. The lowest BCUT2D eigenvalue weighted by molar-refractivity contribution is -0.131. The van der Waals surface area contributed by atoms with Gasteiger partial charge in [-0.1, -0.05) is 36.4 Å². The van der Waals surface area contributed by atoms with E-state index >= 15 is 0 Å². The van der Waals surface area contributed by atoms with E-state index in [4.69, 9.17) is 9.15 Å². The Morgan fingerprint density at radius 2 is 1.56 bits per heavy atom. The van der Waals surface area contributed by atoms with Crippen LogP contribution >= 0.6 is 0 Å². The van der Waals surface area contributed by atoms with Gasteiger partial charge in [0.25, 0.3) is 0 Å². The predicted octanol–water partition coefficient (Wildman–Crippen LogP) is 5.82. The first-order valence-corrected chi connectivity index (χ1v) is 8.15. The molecule has 1 aromatic heterocycles. The van der Waals surface area contributed by atoms with Gasteiger partial charge in [0.05, 0.1) is 0 Å². The third-order valence-corrected chi connectivity index (χ3v) is 4.55. The number of carbonyl (C=O) groups excluding carboxylic acids is 1. The fraction of sp³-hybridized carbons (Fsp3) is 0.0455. The molecule has 0 aliphatic heterocycles. The summed E-state index contributed by atoms with van der Waals surface area (Å²) < 4.78 is 11.3. The van der Waals surface area contributed by atoms with Crippen molar-refractivity contribution in [3.05, 3.63) is 66.7 Å². The molecule has 0 saturated heterocycles. The molecular weight excluding hydrogens is 312 g/mol. The first-order chi connectivity index (χ1) is 12.2. The van der Waals surface area contributed by atoms with Crippen LogP contribution in [0.25, 0.3) is 43.5 Å². The second-order valence-electron chi connectivity index (χ2n) is 6.21. The number of ether oxygens (including phenoxy) is 1. The average molecular weight is 326 g/mol. The van der Waals surface area contributed by atoms with E-state index in [0.29, 0.717) is 5.75 Å². The number of rotatable bonds is 1. The summed E-state index contributed by atoms with van der Waals surface area (Å²) in [6.45, 7) is 1.41. The second-order valence-corrected chi connectivity index (χ2v) is 6.21. The van der Waals surface area contributed by atoms with Gasteiger partial charge in [0.2, 0.25) is 0 Å². The van der Waals surface area contributed by atoms with Gasteiger partial charge in [0.15, 0.2) is 0 Å². The monoisotopic (exact) mass is 326 g/mol. The van der Waals surface area contributed by atoms with Crippen LogP contribution in [0.1, 0.15) is 6.92 Å². The van der Waals surface area contributed by atoms with Gasteiger partial charge in [0, 0.05) is 17.7 Å². The highest BCUT2D eigenvalue weighted by atomic mass is 16.5. The van der Waals surface area contributed by atoms with Crippen LogP contribution in [0.2, 0.25) is 0 Å². The molecule has 120 valence electrons. The van der Waals surface area contributed by atoms with E-state index in [9.17, 15) is 4.79 Å². The quantitative estimate of drug-likeness (QED) is 0.288. The summed E-state index contributed by atoms with van der Waals surface area (Å²) in [5, 5.41) is 6.54. The van der Waals surface area contributed by atoms with E-state index < -0.39 is 0 Å². The van der Waals surface area contributed by atoms with Gasteiger partial charge < -0.3 is 9.15 Å². The van der Waals surface area contributed by atoms with Crippen LogP contribution in [0, 0.1) is 0 Å². The molecule has 0 saturated carbocycles. The Hall–Kier alpha value is -3.33. The maximum absolute atomic E-state index is 11.3. The summed E-state index contributed by atoms with van der Waals surface area (Å²) in [6.07, 6.45) is 0. The molecule has 0 aliphatic rings. The van der Waals surface area contributed by atoms with Crippen LogP contribution in [0.5, 0.6) is 5.75 Å². The molecule has 0 amide bonds. The van der Waals surface area contributed by atoms with E-state index in [1.54, 1.807) is 0 Å². The van der Waals surface area contributed by atoms with Crippen molar-refractivity contribution in [2.75, 3.05) is 0 Å². The normalized spacial score (nSPS) is 11.6. The van der Waals surface area contributed by atoms with Crippen LogP contribution < -0.4 is 4.74 Å². The number of furan rings is 1. The fourth-order valence-electron chi connectivity index (χ4n) is 3.49. The van der Waals surface area contributed by atoms with E-state index in [1.807, 2.05) is 42.5 Å². The topological polar surface area (TPSA) is 39.4 Å². The second kappa shape index (κ2) is 5.08. The zero-order valence-corrected chi connectivity index (χ0v) is 13.6. The van der Waals surface area contributed by atoms with Crippen molar-refractivity contribution < 1.29 is 13.9 Å². The Kier molecular flexibility index (Phi) is 2.86. The molecule has 5 aromatic rings. The van der Waals surface area contributed by atoms with Crippen LogP contribution in [0.3, 0.4) is 0 Å². The lowest BCUT2D eigenvalue weighted by Crippen LogP contribution is -2.00. The number of fused-ring (bicyclic) bond motifs is 6. The molecule has 0 fully saturated rings. The molecular formula is C22H14O3. The number of carbonyl (C=O) groups is 1. The SMILES string of the molecule is CC(=O)Oc1ccc2ccc3oc4cc5ccccc5cc4c3c2c1. The first kappa shape index (κ1) is 14.1. The fourth-order valence-corrected chi connectivity index (χ4v) is 3.49. The molecule has 5 rings (SSSR count). The Balaban J connectivity index is 1.91. The van der Waals surface area contributed by atoms with Crippen molar-refractivity contribution in [1.29, 1.82) is 0 Å². The predicted molar refractivity (Wildman–Crippen MR) is 100 cm³/mol. The molecule has 4 aromatic carbocycles. The van der Waals surface area contributed by atoms with E-state index in [-0.39, 0.29) is 5.97 Å². The van der Waals surface area contributed by atoms with Crippen LogP contribution in [0.4, 0.5) is 0 Å². The largest absolute Gasteiger partial charge is 0.456 e. The molecule has 3 heteroatoms. The lowest BCUT2D eigenvalue weighted by Gasteiger charge is -2.04. The number of esters is 1. The van der Waals surface area contributed by atoms with Crippen molar-refractivity contribution in [1.82, 2.24) is 0 Å². The van der Waals surface area contributed by atoms with Gasteiger partial charge in [-0.25, -0.2) is 0 Å². The number of hydrogen-bond donors (Lipinski definition) is 0. The summed E-state index contributed by atoms with van der Waals surface area (Å²) in [6, 6.07) is 22.2. The molecule has 0 atom stereocenters. The molecule has 0 N–H and O–H groups in total. The minimum Gasteiger partial charge on any atom is -0.456 e. The van der Waals surface area contributed by atoms with Crippen molar-refractivity contribution in [3.63, 3.8) is 0 Å². The van der Waals surface area contributed by atoms with Gasteiger partial charge in [0.1, 0.15) is 16.9 Å².